The first-order valence-electron chi connectivity index (χ1n) is 23.6. The molecule has 0 fully saturated rings. The Kier molecular flexibility index (Phi) is 201. The molecule has 0 aliphatic carbocycles. The van der Waals surface area contributed by atoms with Gasteiger partial charge in [-0.15, -0.1) is 0 Å². The molecule has 0 bridgehead atoms. The molecule has 16 heteroatoms. The van der Waals surface area contributed by atoms with Crippen molar-refractivity contribution < 1.29 is 65.6 Å². The predicted molar refractivity (Wildman–Crippen MR) is 281 cm³/mol. The number of nitrogens with two attached hydrogens (primary N) is 2. The number of Topliss-reactive ketones (excluding diaryl/α,β-unsaturated/α-hetero) is 2. The molecule has 0 aromatic carbocycles. The lowest BCUT2D eigenvalue weighted by atomic mass is 10.0. The summed E-state index contributed by atoms with van der Waals surface area (Å²) < 4.78 is 4.98. The smallest absolute Gasteiger partial charge is 0.303 e. The maximum absolute atomic E-state index is 11.4. The van der Waals surface area contributed by atoms with E-state index in [0.29, 0.717) is 6.42 Å². The van der Waals surface area contributed by atoms with Crippen LogP contribution in [0.5, 0.6) is 0 Å². The lowest BCUT2D eigenvalue weighted by Crippen LogP contribution is -2.21. The van der Waals surface area contributed by atoms with Crippen molar-refractivity contribution in [2.24, 2.45) is 17.4 Å². The largest absolute Gasteiger partial charge is 0.481 e. The summed E-state index contributed by atoms with van der Waals surface area (Å²) in [6.45, 7) is 32.1. The fourth-order valence-electron chi connectivity index (χ4n) is 4.04. The molecule has 0 aromatic heterocycles. The number of ether oxygens (including phenoxy) is 1. The maximum Gasteiger partial charge on any atom is 0.303 e. The summed E-state index contributed by atoms with van der Waals surface area (Å²) >= 11 is 0. The van der Waals surface area contributed by atoms with Crippen molar-refractivity contribution in [3.8, 4) is 0 Å². The van der Waals surface area contributed by atoms with E-state index < -0.39 is 5.97 Å². The molecule has 0 rings (SSSR count). The number of aliphatic hydroxyl groups is 1. The summed E-state index contributed by atoms with van der Waals surface area (Å²) in [5.74, 6) is -0.347. The molecule has 16 nitrogen and oxygen atoms in total. The number of amides is 1. The Hall–Kier alpha value is -2.70. The van der Waals surface area contributed by atoms with Gasteiger partial charge in [0.25, 0.3) is 0 Å². The van der Waals surface area contributed by atoms with Crippen molar-refractivity contribution in [1.82, 2.24) is 5.32 Å². The molecule has 15 N–H and O–H groups in total. The third-order valence-electron chi connectivity index (χ3n) is 6.86. The molecule has 408 valence electrons. The number of unbranched alkanes of at least 4 members (excludes halogenated alkanes) is 13. The van der Waals surface area contributed by atoms with Gasteiger partial charge in [0.05, 0.1) is 6.42 Å². The van der Waals surface area contributed by atoms with Crippen LogP contribution in [0.25, 0.3) is 0 Å². The molecule has 1 amide bonds. The number of carboxylic acid groups (broad SMARTS) is 1. The summed E-state index contributed by atoms with van der Waals surface area (Å²) in [4.78, 5) is 60.7. The first-order chi connectivity index (χ1) is 28.7. The second-order valence-electron chi connectivity index (χ2n) is 12.7. The monoisotopic (exact) mass is 958 g/mol. The highest BCUT2D eigenvalue weighted by molar-refractivity contribution is 5.82. The van der Waals surface area contributed by atoms with Crippen molar-refractivity contribution in [3.63, 3.8) is 0 Å². The maximum atomic E-state index is 11.4. The first kappa shape index (κ1) is 105. The van der Waals surface area contributed by atoms with E-state index >= 15 is 0 Å². The SMILES string of the molecule is C.CC.CC.CC(=O)NCCCC[C@H](C)C(C)=O.CC=O.CC=O.CCCCCCCCCCCCCCCC(=O)CCC(=O)O.CCCOCC.CCN.CCN.CCO.O.O.O.O. The molecule has 0 unspecified atom stereocenters. The highest BCUT2D eigenvalue weighted by Gasteiger charge is 2.06. The van der Waals surface area contributed by atoms with Crippen molar-refractivity contribution in [2.45, 2.75) is 240 Å². The number of hydrogen-bond donors (Lipinski definition) is 5. The topological polar surface area (TPSA) is 342 Å². The Morgan fingerprint density at radius 2 is 0.923 bits per heavy atom. The minimum Gasteiger partial charge on any atom is -0.481 e. The van der Waals surface area contributed by atoms with Gasteiger partial charge in [0.2, 0.25) is 5.91 Å². The number of carbonyl (C=O) groups is 6. The van der Waals surface area contributed by atoms with E-state index in [-0.39, 0.29) is 72.2 Å². The quantitative estimate of drug-likeness (QED) is 0.0403. The summed E-state index contributed by atoms with van der Waals surface area (Å²) in [6.07, 6.45) is 23.1. The standard InChI is InChI=1S/C19H36O3.C10H19NO2.C5H12O.2C2H7N.C2H6O.2C2H4O.2C2H6.CH4.4H2O/c1-2-3-4-5-6-7-8-9-10-11-12-13-14-15-18(20)16-17-19(21)22;1-8(9(2)12)6-4-5-7-11-10(3)13;1-3-5-6-4-2;5*1-2-3;2*1-2;;;;;/h2-17H2,1H3,(H,21,22);8H,4-7H2,1-3H3,(H,11,13);3-5H2,1-2H3;2*2-3H2,1H3;3H,2H2,1H3;2*2H,1H3;2*1-2H3;1H4;4*1H2/t;8-;;;;;;;;;;;;;/m.0............./s1. The van der Waals surface area contributed by atoms with Gasteiger partial charge in [0, 0.05) is 52.0 Å². The predicted octanol–water partition coefficient (Wildman–Crippen LogP) is 8.58. The molecule has 65 heavy (non-hydrogen) atoms. The average molecular weight is 958 g/mol. The third kappa shape index (κ3) is 207. The zero-order chi connectivity index (χ0) is 49.1. The number of aldehydes is 2. The second kappa shape index (κ2) is 125. The number of ketones is 2. The van der Waals surface area contributed by atoms with Crippen molar-refractivity contribution in [2.75, 3.05) is 39.5 Å². The van der Waals surface area contributed by atoms with Crippen LogP contribution >= 0.6 is 0 Å². The van der Waals surface area contributed by atoms with Gasteiger partial charge in [-0.3, -0.25) is 19.2 Å². The number of aliphatic hydroxyl groups excluding tert-OH is 1. The van der Waals surface area contributed by atoms with Gasteiger partial charge in [0.1, 0.15) is 24.1 Å². The van der Waals surface area contributed by atoms with E-state index in [2.05, 4.69) is 19.2 Å². The highest BCUT2D eigenvalue weighted by atomic mass is 16.5. The molecule has 0 aliphatic rings. The fourth-order valence-corrected chi connectivity index (χ4v) is 4.04. The summed E-state index contributed by atoms with van der Waals surface area (Å²) in [7, 11) is 0. The minimum atomic E-state index is -0.876. The normalized spacial score (nSPS) is 8.34. The number of carboxylic acids is 1. The lowest BCUT2D eigenvalue weighted by Gasteiger charge is -2.06. The van der Waals surface area contributed by atoms with Crippen LogP contribution in [0.2, 0.25) is 0 Å². The Bertz CT molecular complexity index is 752. The van der Waals surface area contributed by atoms with E-state index in [0.717, 1.165) is 83.9 Å². The van der Waals surface area contributed by atoms with Crippen LogP contribution in [-0.2, 0) is 33.5 Å². The molecule has 0 spiro atoms. The van der Waals surface area contributed by atoms with Gasteiger partial charge in [-0.1, -0.05) is 153 Å². The van der Waals surface area contributed by atoms with Crippen molar-refractivity contribution in [1.29, 1.82) is 0 Å². The summed E-state index contributed by atoms with van der Waals surface area (Å²) in [5.41, 5.74) is 9.69. The molecule has 0 aromatic rings. The van der Waals surface area contributed by atoms with Gasteiger partial charge in [-0.2, -0.15) is 0 Å². The van der Waals surface area contributed by atoms with E-state index in [1.165, 1.54) is 91.4 Å². The zero-order valence-corrected chi connectivity index (χ0v) is 44.5. The van der Waals surface area contributed by atoms with E-state index in [1.54, 1.807) is 13.8 Å². The van der Waals surface area contributed by atoms with Gasteiger partial charge in [0.15, 0.2) is 0 Å². The van der Waals surface area contributed by atoms with Gasteiger partial charge < -0.3 is 63.2 Å². The number of hydrogen-bond acceptors (Lipinski definition) is 10. The van der Waals surface area contributed by atoms with Crippen molar-refractivity contribution >= 4 is 36.0 Å². The van der Waals surface area contributed by atoms with Gasteiger partial charge in [-0.05, 0) is 73.4 Å². The van der Waals surface area contributed by atoms with Crippen LogP contribution in [0, 0.1) is 5.92 Å². The van der Waals surface area contributed by atoms with Gasteiger partial charge >= 0.3 is 5.97 Å². The lowest BCUT2D eigenvalue weighted by molar-refractivity contribution is -0.138. The average Bonchev–Trinajstić information content (AvgIpc) is 3.21. The molecule has 0 saturated heterocycles. The van der Waals surface area contributed by atoms with Crippen molar-refractivity contribution in [3.05, 3.63) is 0 Å². The van der Waals surface area contributed by atoms with Crippen LogP contribution in [-0.4, -0.2) is 108 Å². The fraction of sp³-hybridized carbons (Fsp3) is 0.878. The Morgan fingerprint density at radius 3 is 1.17 bits per heavy atom. The van der Waals surface area contributed by atoms with Crippen LogP contribution in [0.15, 0.2) is 0 Å². The third-order valence-corrected chi connectivity index (χ3v) is 6.86. The highest BCUT2D eigenvalue weighted by Crippen LogP contribution is 2.13. The Labute approximate surface area is 402 Å². The zero-order valence-electron chi connectivity index (χ0n) is 44.5. The molecule has 0 heterocycles. The van der Waals surface area contributed by atoms with Crippen LogP contribution in [0.4, 0.5) is 0 Å². The summed E-state index contributed by atoms with van der Waals surface area (Å²) in [5, 5.41) is 18.8. The Balaban J connectivity index is -0.0000000383. The molecule has 0 saturated carbocycles. The molecular formula is C49H119N3O13. The van der Waals surface area contributed by atoms with E-state index in [4.69, 9.17) is 36.0 Å². The number of carbonyl (C=O) groups excluding carboxylic acids is 5. The van der Waals surface area contributed by atoms with E-state index in [9.17, 15) is 19.2 Å². The van der Waals surface area contributed by atoms with Crippen LogP contribution in [0.1, 0.15) is 240 Å². The summed E-state index contributed by atoms with van der Waals surface area (Å²) in [6, 6.07) is 0. The number of aliphatic carboxylic acids is 1. The minimum absolute atomic E-state index is 0. The van der Waals surface area contributed by atoms with E-state index in [1.807, 2.05) is 55.4 Å². The molecular weight excluding hydrogens is 839 g/mol. The molecule has 0 aliphatic heterocycles. The van der Waals surface area contributed by atoms with Crippen LogP contribution < -0.4 is 16.8 Å². The molecule has 0 radical (unpaired) electrons. The Morgan fingerprint density at radius 1 is 0.600 bits per heavy atom. The van der Waals surface area contributed by atoms with Gasteiger partial charge in [-0.25, -0.2) is 0 Å². The number of rotatable bonds is 26. The first-order valence-corrected chi connectivity index (χ1v) is 23.6. The van der Waals surface area contributed by atoms with Crippen LogP contribution in [0.3, 0.4) is 0 Å². The number of nitrogens with one attached hydrogen (secondary N) is 1. The second-order valence-corrected chi connectivity index (χ2v) is 12.7. The molecule has 1 atom stereocenters.